The van der Waals surface area contributed by atoms with E-state index in [9.17, 15) is 4.79 Å². The normalized spacial score (nSPS) is 16.0. The van der Waals surface area contributed by atoms with Crippen molar-refractivity contribution in [2.24, 2.45) is 5.73 Å². The quantitative estimate of drug-likeness (QED) is 0.619. The second-order valence-electron chi connectivity index (χ2n) is 3.43. The van der Waals surface area contributed by atoms with Gasteiger partial charge < -0.3 is 5.73 Å². The number of rotatable bonds is 5. The maximum absolute atomic E-state index is 10.9. The third kappa shape index (κ3) is 4.14. The number of ketones is 1. The molecular weight excluding hydrogens is 138 g/mol. The molecule has 66 valence electrons. The Hall–Kier alpha value is -0.370. The smallest absolute Gasteiger partial charge is 0.149 e. The van der Waals surface area contributed by atoms with Crippen molar-refractivity contribution in [2.75, 3.05) is 0 Å². The van der Waals surface area contributed by atoms with E-state index in [-0.39, 0.29) is 5.78 Å². The molecule has 0 saturated carbocycles. The van der Waals surface area contributed by atoms with Gasteiger partial charge in [0.2, 0.25) is 0 Å². The van der Waals surface area contributed by atoms with Crippen LogP contribution in [0.1, 0.15) is 46.5 Å². The standard InChI is InChI=1S/C9H19NO/c1-4-5-6-7-9(3,10)8(2)11/h4-7,10H2,1-3H3. The van der Waals surface area contributed by atoms with Gasteiger partial charge in [-0.05, 0) is 20.3 Å². The Bertz CT molecular complexity index is 130. The van der Waals surface area contributed by atoms with Crippen LogP contribution in [0.25, 0.3) is 0 Å². The summed E-state index contributed by atoms with van der Waals surface area (Å²) in [7, 11) is 0. The van der Waals surface area contributed by atoms with Crippen LogP contribution >= 0.6 is 0 Å². The Morgan fingerprint density at radius 3 is 2.36 bits per heavy atom. The molecule has 0 amide bonds. The second-order valence-corrected chi connectivity index (χ2v) is 3.43. The molecule has 0 fully saturated rings. The third-order valence-electron chi connectivity index (χ3n) is 2.10. The van der Waals surface area contributed by atoms with Crippen LogP contribution in [-0.4, -0.2) is 11.3 Å². The lowest BCUT2D eigenvalue weighted by Crippen LogP contribution is -2.43. The maximum Gasteiger partial charge on any atom is 0.149 e. The summed E-state index contributed by atoms with van der Waals surface area (Å²) in [6.45, 7) is 5.51. The molecule has 2 nitrogen and oxygen atoms in total. The molecule has 11 heavy (non-hydrogen) atoms. The Morgan fingerprint density at radius 1 is 1.45 bits per heavy atom. The van der Waals surface area contributed by atoms with Crippen molar-refractivity contribution in [2.45, 2.75) is 52.0 Å². The molecule has 0 aliphatic heterocycles. The Kier molecular flexibility index (Phi) is 4.34. The maximum atomic E-state index is 10.9. The topological polar surface area (TPSA) is 43.1 Å². The van der Waals surface area contributed by atoms with Crippen LogP contribution in [0.3, 0.4) is 0 Å². The summed E-state index contributed by atoms with van der Waals surface area (Å²) in [4.78, 5) is 10.9. The van der Waals surface area contributed by atoms with E-state index in [4.69, 9.17) is 5.73 Å². The Labute approximate surface area is 69.2 Å². The minimum atomic E-state index is -0.588. The van der Waals surface area contributed by atoms with Crippen molar-refractivity contribution in [3.05, 3.63) is 0 Å². The minimum absolute atomic E-state index is 0.0913. The van der Waals surface area contributed by atoms with E-state index in [1.807, 2.05) is 6.92 Å². The molecule has 0 aromatic rings. The fourth-order valence-corrected chi connectivity index (χ4v) is 0.918. The average Bonchev–Trinajstić information content (AvgIpc) is 1.88. The fraction of sp³-hybridized carbons (Fsp3) is 0.889. The van der Waals surface area contributed by atoms with Gasteiger partial charge in [0.25, 0.3) is 0 Å². The van der Waals surface area contributed by atoms with E-state index >= 15 is 0 Å². The Balaban J connectivity index is 3.64. The molecule has 0 aromatic carbocycles. The van der Waals surface area contributed by atoms with Gasteiger partial charge in [-0.3, -0.25) is 4.79 Å². The molecule has 0 aliphatic carbocycles. The molecule has 2 N–H and O–H groups in total. The molecule has 0 saturated heterocycles. The first-order valence-electron chi connectivity index (χ1n) is 4.30. The summed E-state index contributed by atoms with van der Waals surface area (Å²) in [5, 5.41) is 0. The molecule has 1 atom stereocenters. The molecule has 0 aliphatic rings. The van der Waals surface area contributed by atoms with Crippen LogP contribution in [-0.2, 0) is 4.79 Å². The second kappa shape index (κ2) is 4.50. The van der Waals surface area contributed by atoms with Gasteiger partial charge in [-0.1, -0.05) is 26.2 Å². The van der Waals surface area contributed by atoms with Gasteiger partial charge in [0.1, 0.15) is 5.78 Å². The lowest BCUT2D eigenvalue weighted by Gasteiger charge is -2.20. The van der Waals surface area contributed by atoms with Gasteiger partial charge in [0, 0.05) is 0 Å². The van der Waals surface area contributed by atoms with Crippen LogP contribution in [0.4, 0.5) is 0 Å². The zero-order valence-corrected chi connectivity index (χ0v) is 7.81. The predicted molar refractivity (Wildman–Crippen MR) is 47.4 cm³/mol. The number of hydrogen-bond donors (Lipinski definition) is 1. The highest BCUT2D eigenvalue weighted by atomic mass is 16.1. The molecule has 0 spiro atoms. The number of nitrogens with two attached hydrogens (primary N) is 1. The molecule has 1 unspecified atom stereocenters. The van der Waals surface area contributed by atoms with E-state index in [0.717, 1.165) is 12.8 Å². The summed E-state index contributed by atoms with van der Waals surface area (Å²) in [6, 6.07) is 0. The summed E-state index contributed by atoms with van der Waals surface area (Å²) >= 11 is 0. The van der Waals surface area contributed by atoms with E-state index in [1.165, 1.54) is 12.8 Å². The zero-order chi connectivity index (χ0) is 8.91. The highest BCUT2D eigenvalue weighted by Gasteiger charge is 2.22. The summed E-state index contributed by atoms with van der Waals surface area (Å²) < 4.78 is 0. The van der Waals surface area contributed by atoms with Crippen molar-refractivity contribution >= 4 is 5.78 Å². The SMILES string of the molecule is CCCCCC(C)(N)C(C)=O. The first kappa shape index (κ1) is 10.6. The van der Waals surface area contributed by atoms with Crippen LogP contribution in [0.2, 0.25) is 0 Å². The van der Waals surface area contributed by atoms with E-state index in [0.29, 0.717) is 0 Å². The summed E-state index contributed by atoms with van der Waals surface area (Å²) in [6.07, 6.45) is 4.22. The van der Waals surface area contributed by atoms with Crippen LogP contribution in [0, 0.1) is 0 Å². The van der Waals surface area contributed by atoms with E-state index in [2.05, 4.69) is 6.92 Å². The predicted octanol–water partition coefficient (Wildman–Crippen LogP) is 1.87. The highest BCUT2D eigenvalue weighted by molar-refractivity contribution is 5.85. The number of unbranched alkanes of at least 4 members (excludes halogenated alkanes) is 2. The van der Waals surface area contributed by atoms with Crippen molar-refractivity contribution in [1.82, 2.24) is 0 Å². The van der Waals surface area contributed by atoms with Gasteiger partial charge in [-0.25, -0.2) is 0 Å². The van der Waals surface area contributed by atoms with Crippen molar-refractivity contribution in [3.63, 3.8) is 0 Å². The number of hydrogen-bond acceptors (Lipinski definition) is 2. The molecule has 0 radical (unpaired) electrons. The van der Waals surface area contributed by atoms with Crippen LogP contribution in [0.5, 0.6) is 0 Å². The van der Waals surface area contributed by atoms with Crippen molar-refractivity contribution in [3.8, 4) is 0 Å². The molecule has 0 rings (SSSR count). The monoisotopic (exact) mass is 157 g/mol. The number of Topliss-reactive ketones (excluding diaryl/α,β-unsaturated/α-hetero) is 1. The first-order chi connectivity index (χ1) is 5.00. The molecule has 2 heteroatoms. The Morgan fingerprint density at radius 2 is 2.00 bits per heavy atom. The lowest BCUT2D eigenvalue weighted by molar-refractivity contribution is -0.121. The summed E-state index contributed by atoms with van der Waals surface area (Å²) in [5.74, 6) is 0.0913. The van der Waals surface area contributed by atoms with Crippen LogP contribution in [0.15, 0.2) is 0 Å². The lowest BCUT2D eigenvalue weighted by atomic mass is 9.92. The fourth-order valence-electron chi connectivity index (χ4n) is 0.918. The van der Waals surface area contributed by atoms with Crippen molar-refractivity contribution in [1.29, 1.82) is 0 Å². The van der Waals surface area contributed by atoms with E-state index in [1.54, 1.807) is 6.92 Å². The number of carbonyl (C=O) groups excluding carboxylic acids is 1. The minimum Gasteiger partial charge on any atom is -0.319 e. The van der Waals surface area contributed by atoms with Crippen LogP contribution < -0.4 is 5.73 Å². The highest BCUT2D eigenvalue weighted by Crippen LogP contribution is 2.12. The third-order valence-corrected chi connectivity index (χ3v) is 2.10. The molecular formula is C9H19NO. The molecule has 0 bridgehead atoms. The largest absolute Gasteiger partial charge is 0.319 e. The molecule has 0 heterocycles. The van der Waals surface area contributed by atoms with E-state index < -0.39 is 5.54 Å². The van der Waals surface area contributed by atoms with Gasteiger partial charge in [-0.2, -0.15) is 0 Å². The average molecular weight is 157 g/mol. The van der Waals surface area contributed by atoms with Crippen molar-refractivity contribution < 1.29 is 4.79 Å². The van der Waals surface area contributed by atoms with Gasteiger partial charge in [-0.15, -0.1) is 0 Å². The molecule has 0 aromatic heterocycles. The van der Waals surface area contributed by atoms with Gasteiger partial charge >= 0.3 is 0 Å². The first-order valence-corrected chi connectivity index (χ1v) is 4.30. The number of carbonyl (C=O) groups is 1. The summed E-state index contributed by atoms with van der Waals surface area (Å²) in [5.41, 5.74) is 5.16. The zero-order valence-electron chi connectivity index (χ0n) is 7.81. The van der Waals surface area contributed by atoms with Gasteiger partial charge in [0.05, 0.1) is 5.54 Å². The van der Waals surface area contributed by atoms with Gasteiger partial charge in [0.15, 0.2) is 0 Å².